The molecule has 0 bridgehead atoms. The number of carbonyl (C=O) groups is 2. The van der Waals surface area contributed by atoms with E-state index in [1.807, 2.05) is 30.3 Å². The lowest BCUT2D eigenvalue weighted by Crippen LogP contribution is -2.35. The van der Waals surface area contributed by atoms with Gasteiger partial charge in [0.25, 0.3) is 0 Å². The van der Waals surface area contributed by atoms with E-state index in [2.05, 4.69) is 0 Å². The predicted octanol–water partition coefficient (Wildman–Crippen LogP) is 3.46. The Kier molecular flexibility index (Phi) is 3.92. The molecule has 4 nitrogen and oxygen atoms in total. The first-order chi connectivity index (χ1) is 10.6. The van der Waals surface area contributed by atoms with Gasteiger partial charge in [0.15, 0.2) is 5.78 Å². The Morgan fingerprint density at radius 1 is 1.14 bits per heavy atom. The van der Waals surface area contributed by atoms with Crippen molar-refractivity contribution in [3.05, 3.63) is 65.7 Å². The molecule has 0 N–H and O–H groups in total. The van der Waals surface area contributed by atoms with E-state index in [9.17, 15) is 9.59 Å². The van der Waals surface area contributed by atoms with E-state index in [0.29, 0.717) is 12.2 Å². The van der Waals surface area contributed by atoms with Gasteiger partial charge in [-0.25, -0.2) is 4.79 Å². The number of anilines is 1. The summed E-state index contributed by atoms with van der Waals surface area (Å²) >= 11 is 0. The van der Waals surface area contributed by atoms with Gasteiger partial charge < -0.3 is 4.74 Å². The third-order valence-corrected chi connectivity index (χ3v) is 3.83. The minimum absolute atomic E-state index is 0.0105. The molecule has 1 aliphatic heterocycles. The number of hydrogen-bond acceptors (Lipinski definition) is 3. The van der Waals surface area contributed by atoms with Gasteiger partial charge in [-0.1, -0.05) is 30.3 Å². The van der Waals surface area contributed by atoms with Gasteiger partial charge >= 0.3 is 6.09 Å². The number of nitrogens with zero attached hydrogens (tertiary/aromatic N) is 1. The molecule has 22 heavy (non-hydrogen) atoms. The molecule has 1 saturated heterocycles. The van der Waals surface area contributed by atoms with Crippen LogP contribution in [0.5, 0.6) is 0 Å². The number of hydrogen-bond donors (Lipinski definition) is 0. The first kappa shape index (κ1) is 14.3. The number of Topliss-reactive ketones (excluding diaryl/α,β-unsaturated/α-hetero) is 1. The molecule has 1 fully saturated rings. The summed E-state index contributed by atoms with van der Waals surface area (Å²) in [6.45, 7) is 1.90. The van der Waals surface area contributed by atoms with E-state index in [-0.39, 0.29) is 17.9 Å². The third kappa shape index (κ3) is 2.86. The maximum Gasteiger partial charge on any atom is 0.414 e. The second-order valence-corrected chi connectivity index (χ2v) is 5.39. The third-order valence-electron chi connectivity index (χ3n) is 3.83. The molecule has 0 aromatic heterocycles. The first-order valence-electron chi connectivity index (χ1n) is 7.26. The molecule has 1 amide bonds. The molecule has 1 heterocycles. The van der Waals surface area contributed by atoms with Crippen LogP contribution in [0.25, 0.3) is 0 Å². The smallest absolute Gasteiger partial charge is 0.414 e. The molecule has 1 aliphatic rings. The van der Waals surface area contributed by atoms with Crippen LogP contribution in [0.1, 0.15) is 22.8 Å². The number of amides is 1. The summed E-state index contributed by atoms with van der Waals surface area (Å²) < 4.78 is 5.20. The van der Waals surface area contributed by atoms with Crippen LogP contribution in [0.3, 0.4) is 0 Å². The lowest BCUT2D eigenvalue weighted by Gasteiger charge is -2.21. The normalized spacial score (nSPS) is 17.4. The largest absolute Gasteiger partial charge is 0.447 e. The maximum atomic E-state index is 12.0. The lowest BCUT2D eigenvalue weighted by atomic mass is 10.0. The molecule has 1 atom stereocenters. The van der Waals surface area contributed by atoms with Gasteiger partial charge in [0.2, 0.25) is 0 Å². The zero-order valence-corrected chi connectivity index (χ0v) is 12.4. The Labute approximate surface area is 129 Å². The Morgan fingerprint density at radius 3 is 2.45 bits per heavy atom. The number of ketones is 1. The summed E-state index contributed by atoms with van der Waals surface area (Å²) in [5.74, 6) is 0.0105. The first-order valence-corrected chi connectivity index (χ1v) is 7.26. The fourth-order valence-electron chi connectivity index (χ4n) is 2.67. The Balaban J connectivity index is 1.83. The van der Waals surface area contributed by atoms with Crippen LogP contribution in [0.2, 0.25) is 0 Å². The van der Waals surface area contributed by atoms with Crippen LogP contribution < -0.4 is 4.90 Å². The molecular formula is C18H17NO3. The molecule has 4 heteroatoms. The highest BCUT2D eigenvalue weighted by atomic mass is 16.6. The van der Waals surface area contributed by atoms with Crippen LogP contribution in [0.4, 0.5) is 10.5 Å². The van der Waals surface area contributed by atoms with Crippen molar-refractivity contribution in [2.75, 3.05) is 11.5 Å². The lowest BCUT2D eigenvalue weighted by molar-refractivity contribution is 0.101. The van der Waals surface area contributed by atoms with Crippen LogP contribution >= 0.6 is 0 Å². The summed E-state index contributed by atoms with van der Waals surface area (Å²) in [6.07, 6.45) is 0.401. The quantitative estimate of drug-likeness (QED) is 0.812. The van der Waals surface area contributed by atoms with Crippen molar-refractivity contribution in [1.82, 2.24) is 0 Å². The zero-order valence-electron chi connectivity index (χ0n) is 12.4. The molecular weight excluding hydrogens is 278 g/mol. The summed E-state index contributed by atoms with van der Waals surface area (Å²) in [5, 5.41) is 0. The van der Waals surface area contributed by atoms with Crippen LogP contribution in [-0.2, 0) is 11.2 Å². The van der Waals surface area contributed by atoms with E-state index < -0.39 is 0 Å². The molecule has 2 aromatic rings. The van der Waals surface area contributed by atoms with Crippen molar-refractivity contribution in [2.24, 2.45) is 0 Å². The van der Waals surface area contributed by atoms with E-state index in [0.717, 1.165) is 17.7 Å². The molecule has 0 saturated carbocycles. The topological polar surface area (TPSA) is 46.6 Å². The van der Waals surface area contributed by atoms with Crippen molar-refractivity contribution in [3.63, 3.8) is 0 Å². The summed E-state index contributed by atoms with van der Waals surface area (Å²) in [6, 6.07) is 17.1. The number of rotatable bonds is 4. The second-order valence-electron chi connectivity index (χ2n) is 5.39. The highest BCUT2D eigenvalue weighted by Gasteiger charge is 2.34. The van der Waals surface area contributed by atoms with Gasteiger partial charge in [-0.15, -0.1) is 0 Å². The fourth-order valence-corrected chi connectivity index (χ4v) is 2.67. The van der Waals surface area contributed by atoms with Gasteiger partial charge in [0, 0.05) is 11.3 Å². The molecule has 3 rings (SSSR count). The second kappa shape index (κ2) is 6.02. The van der Waals surface area contributed by atoms with E-state index >= 15 is 0 Å². The minimum Gasteiger partial charge on any atom is -0.447 e. The Hall–Kier alpha value is -2.62. The van der Waals surface area contributed by atoms with Crippen LogP contribution in [0, 0.1) is 0 Å². The Bertz CT molecular complexity index is 679. The standard InChI is InChI=1S/C18H17NO3/c1-13(20)15-7-9-16(10-8-15)19-17(12-22-18(19)21)11-14-5-3-2-4-6-14/h2-10,17H,11-12H2,1H3. The van der Waals surface area contributed by atoms with Gasteiger partial charge in [-0.05, 0) is 43.2 Å². The van der Waals surface area contributed by atoms with Crippen molar-refractivity contribution in [2.45, 2.75) is 19.4 Å². The molecule has 112 valence electrons. The highest BCUT2D eigenvalue weighted by Crippen LogP contribution is 2.25. The van der Waals surface area contributed by atoms with Crippen molar-refractivity contribution >= 4 is 17.6 Å². The molecule has 0 radical (unpaired) electrons. The molecule has 0 spiro atoms. The van der Waals surface area contributed by atoms with Gasteiger partial charge in [0.05, 0.1) is 6.04 Å². The van der Waals surface area contributed by atoms with Crippen molar-refractivity contribution in [1.29, 1.82) is 0 Å². The number of ether oxygens (including phenoxy) is 1. The average Bonchev–Trinajstić information content (AvgIpc) is 2.89. The Morgan fingerprint density at radius 2 is 1.82 bits per heavy atom. The predicted molar refractivity (Wildman–Crippen MR) is 84.2 cm³/mol. The minimum atomic E-state index is -0.337. The number of cyclic esters (lactones) is 1. The summed E-state index contributed by atoms with van der Waals surface area (Å²) in [4.78, 5) is 25.0. The van der Waals surface area contributed by atoms with Gasteiger partial charge in [0.1, 0.15) is 6.61 Å². The zero-order chi connectivity index (χ0) is 15.5. The van der Waals surface area contributed by atoms with E-state index in [1.165, 1.54) is 6.92 Å². The summed E-state index contributed by atoms with van der Waals surface area (Å²) in [7, 11) is 0. The number of carbonyl (C=O) groups excluding carboxylic acids is 2. The molecule has 2 aromatic carbocycles. The van der Waals surface area contributed by atoms with Crippen molar-refractivity contribution < 1.29 is 14.3 Å². The average molecular weight is 295 g/mol. The van der Waals surface area contributed by atoms with Crippen LogP contribution in [-0.4, -0.2) is 24.5 Å². The fraction of sp³-hybridized carbons (Fsp3) is 0.222. The molecule has 0 aliphatic carbocycles. The summed E-state index contributed by atoms with van der Waals surface area (Å²) in [5.41, 5.74) is 2.56. The van der Waals surface area contributed by atoms with Gasteiger partial charge in [-0.3, -0.25) is 9.69 Å². The van der Waals surface area contributed by atoms with Gasteiger partial charge in [-0.2, -0.15) is 0 Å². The highest BCUT2D eigenvalue weighted by molar-refractivity contribution is 5.95. The monoisotopic (exact) mass is 295 g/mol. The SMILES string of the molecule is CC(=O)c1ccc(N2C(=O)OCC2Cc2ccccc2)cc1. The van der Waals surface area contributed by atoms with E-state index in [1.54, 1.807) is 29.2 Å². The van der Waals surface area contributed by atoms with E-state index in [4.69, 9.17) is 4.74 Å². The van der Waals surface area contributed by atoms with Crippen molar-refractivity contribution in [3.8, 4) is 0 Å². The molecule has 1 unspecified atom stereocenters. The maximum absolute atomic E-state index is 12.0. The van der Waals surface area contributed by atoms with Crippen LogP contribution in [0.15, 0.2) is 54.6 Å². The number of benzene rings is 2.